The molecule has 172 valence electrons. The van der Waals surface area contributed by atoms with Crippen LogP contribution >= 0.6 is 11.3 Å². The first-order valence-corrected chi connectivity index (χ1v) is 12.1. The van der Waals surface area contributed by atoms with Crippen molar-refractivity contribution in [2.75, 3.05) is 11.9 Å². The van der Waals surface area contributed by atoms with E-state index < -0.39 is 5.97 Å². The summed E-state index contributed by atoms with van der Waals surface area (Å²) in [6.07, 6.45) is 4.31. The summed E-state index contributed by atoms with van der Waals surface area (Å²) < 4.78 is 5.90. The first-order chi connectivity index (χ1) is 16.5. The fraction of sp³-hybridized carbons (Fsp3) is 0.308. The number of nitrogens with one attached hydrogen (secondary N) is 1. The number of aliphatic carboxylic acids is 1. The van der Waals surface area contributed by atoms with E-state index in [4.69, 9.17) is 9.84 Å². The minimum Gasteiger partial charge on any atom is -0.493 e. The first-order valence-electron chi connectivity index (χ1n) is 11.2. The van der Waals surface area contributed by atoms with E-state index in [1.54, 1.807) is 35.7 Å². The van der Waals surface area contributed by atoms with Crippen LogP contribution in [0.4, 0.5) is 5.69 Å². The van der Waals surface area contributed by atoms with Gasteiger partial charge in [-0.25, -0.2) is 4.98 Å². The standard InChI is InChI=1S/C26H23N3O4S/c27-15-16-4-5-17(2-1-3-23(30)31)21(12-16)29-24(32)20-14-26(20)8-10-33-22-7-6-18(13-19(22)26)25-28-9-11-34-25/h4-7,9,11-13,20H,1-3,8,10,14H2,(H,29,32)(H,30,31)/t20-,26?/m0/s1. The van der Waals surface area contributed by atoms with E-state index in [2.05, 4.69) is 22.4 Å². The van der Waals surface area contributed by atoms with E-state index in [0.29, 0.717) is 30.7 Å². The number of ether oxygens (including phenoxy) is 1. The molecule has 0 bridgehead atoms. The molecule has 1 aromatic heterocycles. The van der Waals surface area contributed by atoms with E-state index >= 15 is 0 Å². The predicted octanol–water partition coefficient (Wildman–Crippen LogP) is 4.77. The van der Waals surface area contributed by atoms with Crippen LogP contribution in [0.2, 0.25) is 0 Å². The van der Waals surface area contributed by atoms with Gasteiger partial charge in [0.2, 0.25) is 5.91 Å². The molecule has 1 aliphatic carbocycles. The summed E-state index contributed by atoms with van der Waals surface area (Å²) in [5.41, 5.74) is 3.68. The number of thiazole rings is 1. The van der Waals surface area contributed by atoms with Gasteiger partial charge in [0.05, 0.1) is 18.2 Å². The minimum atomic E-state index is -0.852. The summed E-state index contributed by atoms with van der Waals surface area (Å²) in [5.74, 6) is -0.307. The Hall–Kier alpha value is -3.70. The number of benzene rings is 2. The molecule has 1 spiro atoms. The largest absolute Gasteiger partial charge is 0.493 e. The molecule has 2 atom stereocenters. The molecule has 2 heterocycles. The molecule has 5 rings (SSSR count). The zero-order valence-corrected chi connectivity index (χ0v) is 19.2. The van der Waals surface area contributed by atoms with E-state index in [1.807, 2.05) is 17.5 Å². The van der Waals surface area contributed by atoms with E-state index in [0.717, 1.165) is 40.3 Å². The highest BCUT2D eigenvalue weighted by molar-refractivity contribution is 7.13. The van der Waals surface area contributed by atoms with Crippen LogP contribution in [0.1, 0.15) is 42.4 Å². The van der Waals surface area contributed by atoms with Gasteiger partial charge >= 0.3 is 5.97 Å². The predicted molar refractivity (Wildman–Crippen MR) is 128 cm³/mol. The molecular weight excluding hydrogens is 450 g/mol. The molecule has 1 fully saturated rings. The minimum absolute atomic E-state index is 0.0529. The highest BCUT2D eigenvalue weighted by Crippen LogP contribution is 2.61. The normalized spacial score (nSPS) is 20.1. The Bertz CT molecular complexity index is 1300. The molecule has 34 heavy (non-hydrogen) atoms. The zero-order valence-electron chi connectivity index (χ0n) is 18.4. The molecule has 2 aliphatic rings. The van der Waals surface area contributed by atoms with Crippen molar-refractivity contribution in [2.45, 2.75) is 37.5 Å². The number of rotatable bonds is 7. The average molecular weight is 474 g/mol. The third kappa shape index (κ3) is 4.15. The molecule has 0 saturated heterocycles. The SMILES string of the molecule is N#Cc1ccc(CCCC(=O)O)c(NC(=O)[C@@H]2CC23CCOc2ccc(-c4nccs4)cc23)c1. The van der Waals surface area contributed by atoms with Crippen LogP contribution in [-0.2, 0) is 21.4 Å². The Morgan fingerprint density at radius 2 is 2.18 bits per heavy atom. The van der Waals surface area contributed by atoms with Gasteiger partial charge in [0.1, 0.15) is 10.8 Å². The number of hydrogen-bond acceptors (Lipinski definition) is 6. The number of anilines is 1. The van der Waals surface area contributed by atoms with Gasteiger partial charge in [-0.1, -0.05) is 6.07 Å². The van der Waals surface area contributed by atoms with E-state index in [-0.39, 0.29) is 23.7 Å². The smallest absolute Gasteiger partial charge is 0.303 e. The molecule has 1 amide bonds. The van der Waals surface area contributed by atoms with Crippen molar-refractivity contribution >= 4 is 28.9 Å². The van der Waals surface area contributed by atoms with Crippen LogP contribution in [0, 0.1) is 17.2 Å². The maximum absolute atomic E-state index is 13.4. The molecule has 2 N–H and O–H groups in total. The summed E-state index contributed by atoms with van der Waals surface area (Å²) >= 11 is 1.58. The van der Waals surface area contributed by atoms with Gasteiger partial charge in [0.15, 0.2) is 0 Å². The summed E-state index contributed by atoms with van der Waals surface area (Å²) in [7, 11) is 0. The average Bonchev–Trinajstić information content (AvgIpc) is 3.28. The van der Waals surface area contributed by atoms with Crippen molar-refractivity contribution in [3.63, 3.8) is 0 Å². The lowest BCUT2D eigenvalue weighted by Crippen LogP contribution is -2.27. The summed E-state index contributed by atoms with van der Waals surface area (Å²) in [4.78, 5) is 28.7. The van der Waals surface area contributed by atoms with Crippen molar-refractivity contribution in [3.8, 4) is 22.4 Å². The molecule has 3 aromatic rings. The second-order valence-electron chi connectivity index (χ2n) is 8.78. The van der Waals surface area contributed by atoms with E-state index in [9.17, 15) is 14.9 Å². The van der Waals surface area contributed by atoms with Crippen molar-refractivity contribution in [1.82, 2.24) is 4.98 Å². The summed E-state index contributed by atoms with van der Waals surface area (Å²) in [6.45, 7) is 0.567. The van der Waals surface area contributed by atoms with Gasteiger partial charge < -0.3 is 15.2 Å². The van der Waals surface area contributed by atoms with Crippen molar-refractivity contribution in [1.29, 1.82) is 5.26 Å². The Morgan fingerprint density at radius 3 is 2.94 bits per heavy atom. The van der Waals surface area contributed by atoms with Gasteiger partial charge in [0.25, 0.3) is 0 Å². The van der Waals surface area contributed by atoms with Crippen LogP contribution in [0.3, 0.4) is 0 Å². The third-order valence-corrected chi connectivity index (χ3v) is 7.55. The number of nitriles is 1. The Morgan fingerprint density at radius 1 is 1.29 bits per heavy atom. The van der Waals surface area contributed by atoms with Crippen LogP contribution in [0.5, 0.6) is 5.75 Å². The lowest BCUT2D eigenvalue weighted by Gasteiger charge is -2.27. The van der Waals surface area contributed by atoms with Crippen LogP contribution in [0.25, 0.3) is 10.6 Å². The van der Waals surface area contributed by atoms with Crippen molar-refractivity contribution in [3.05, 3.63) is 64.7 Å². The number of nitrogens with zero attached hydrogens (tertiary/aromatic N) is 2. The molecule has 7 nitrogen and oxygen atoms in total. The van der Waals surface area contributed by atoms with Gasteiger partial charge in [-0.15, -0.1) is 11.3 Å². The quantitative estimate of drug-likeness (QED) is 0.511. The Kier molecular flexibility index (Phi) is 5.80. The summed E-state index contributed by atoms with van der Waals surface area (Å²) in [5, 5.41) is 24.2. The van der Waals surface area contributed by atoms with Crippen LogP contribution < -0.4 is 10.1 Å². The highest BCUT2D eigenvalue weighted by atomic mass is 32.1. The van der Waals surface area contributed by atoms with Crippen molar-refractivity contribution in [2.24, 2.45) is 5.92 Å². The number of amides is 1. The maximum atomic E-state index is 13.4. The molecule has 1 unspecified atom stereocenters. The van der Waals surface area contributed by atoms with Gasteiger partial charge in [-0.2, -0.15) is 5.26 Å². The summed E-state index contributed by atoms with van der Waals surface area (Å²) in [6, 6.07) is 13.3. The lowest BCUT2D eigenvalue weighted by atomic mass is 9.86. The number of carbonyl (C=O) groups excluding carboxylic acids is 1. The number of carboxylic acids is 1. The molecular formula is C26H23N3O4S. The maximum Gasteiger partial charge on any atom is 0.303 e. The molecule has 8 heteroatoms. The second kappa shape index (κ2) is 8.92. The number of aryl methyl sites for hydroxylation is 1. The second-order valence-corrected chi connectivity index (χ2v) is 9.67. The molecule has 0 radical (unpaired) electrons. The lowest BCUT2D eigenvalue weighted by molar-refractivity contribution is -0.137. The van der Waals surface area contributed by atoms with Gasteiger partial charge in [-0.3, -0.25) is 9.59 Å². The molecule has 2 aromatic carbocycles. The zero-order chi connectivity index (χ0) is 23.7. The fourth-order valence-corrected chi connectivity index (χ4v) is 5.51. The highest BCUT2D eigenvalue weighted by Gasteiger charge is 2.61. The van der Waals surface area contributed by atoms with Gasteiger partial charge in [-0.05, 0) is 61.6 Å². The van der Waals surface area contributed by atoms with E-state index in [1.165, 1.54) is 0 Å². The number of carbonyl (C=O) groups is 2. The number of fused-ring (bicyclic) bond motifs is 2. The molecule has 1 saturated carbocycles. The number of carboxylic acid groups (broad SMARTS) is 1. The Balaban J connectivity index is 1.38. The topological polar surface area (TPSA) is 112 Å². The Labute approximate surface area is 201 Å². The number of aromatic nitrogens is 1. The third-order valence-electron chi connectivity index (χ3n) is 6.73. The fourth-order valence-electron chi connectivity index (χ4n) is 4.87. The monoisotopic (exact) mass is 473 g/mol. The van der Waals surface area contributed by atoms with Gasteiger partial charge in [0, 0.05) is 46.1 Å². The number of hydrogen-bond donors (Lipinski definition) is 2. The first kappa shape index (κ1) is 22.1. The molecule has 1 aliphatic heterocycles. The van der Waals surface area contributed by atoms with Crippen LogP contribution in [-0.4, -0.2) is 28.6 Å². The van der Waals surface area contributed by atoms with Crippen molar-refractivity contribution < 1.29 is 19.4 Å². The van der Waals surface area contributed by atoms with Crippen LogP contribution in [0.15, 0.2) is 48.0 Å².